The zero-order chi connectivity index (χ0) is 29.0. The Morgan fingerprint density at radius 2 is 1.95 bits per heavy atom. The standard InChI is InChI=1S/C26H31F2N7O4S2/c1-2-39-23-15-29-13-20(31-23)22-14-30-25(40-22)24(36)32-21(16-34-8-10-35(11-9-34)19-6-7-19)17-4-3-5-18(12-17)33-41(37,38)26(27)28/h3-5,12-15,19,21,26,33H,2,6-11,16H2,1H3,(H,32,36)/t21-/m0/s1. The van der Waals surface area contributed by atoms with Crippen LogP contribution in [0.5, 0.6) is 5.88 Å². The predicted octanol–water partition coefficient (Wildman–Crippen LogP) is 3.21. The molecule has 1 saturated heterocycles. The number of hydrogen-bond donors (Lipinski definition) is 2. The van der Waals surface area contributed by atoms with Crippen LogP contribution in [0.1, 0.15) is 41.2 Å². The highest BCUT2D eigenvalue weighted by atomic mass is 32.2. The number of piperazine rings is 1. The van der Waals surface area contributed by atoms with Gasteiger partial charge >= 0.3 is 5.76 Å². The Morgan fingerprint density at radius 1 is 1.17 bits per heavy atom. The number of aromatic nitrogens is 3. The number of thiazole rings is 1. The van der Waals surface area contributed by atoms with E-state index in [0.717, 1.165) is 37.5 Å². The average Bonchev–Trinajstić information content (AvgIpc) is 3.68. The first kappa shape index (κ1) is 29.2. The van der Waals surface area contributed by atoms with E-state index < -0.39 is 27.7 Å². The van der Waals surface area contributed by atoms with Gasteiger partial charge in [-0.1, -0.05) is 12.1 Å². The van der Waals surface area contributed by atoms with Crippen LogP contribution in [0.3, 0.4) is 0 Å². The zero-order valence-corrected chi connectivity index (χ0v) is 24.0. The van der Waals surface area contributed by atoms with Gasteiger partial charge in [-0.05, 0) is 37.5 Å². The number of halogens is 2. The van der Waals surface area contributed by atoms with Crippen molar-refractivity contribution in [1.29, 1.82) is 0 Å². The van der Waals surface area contributed by atoms with Crippen molar-refractivity contribution >= 4 is 33.0 Å². The average molecular weight is 608 g/mol. The molecule has 1 saturated carbocycles. The fraction of sp³-hybridized carbons (Fsp3) is 0.462. The third-order valence-electron chi connectivity index (χ3n) is 6.86. The quantitative estimate of drug-likeness (QED) is 0.319. The Bertz CT molecular complexity index is 1460. The van der Waals surface area contributed by atoms with Gasteiger partial charge in [-0.15, -0.1) is 11.3 Å². The molecule has 1 aliphatic heterocycles. The molecule has 2 fully saturated rings. The minimum atomic E-state index is -4.84. The fourth-order valence-corrected chi connectivity index (χ4v) is 5.99. The van der Waals surface area contributed by atoms with E-state index >= 15 is 0 Å². The van der Waals surface area contributed by atoms with Gasteiger partial charge in [-0.25, -0.2) is 18.4 Å². The summed E-state index contributed by atoms with van der Waals surface area (Å²) >= 11 is 1.15. The zero-order valence-electron chi connectivity index (χ0n) is 22.4. The van der Waals surface area contributed by atoms with Gasteiger partial charge in [0, 0.05) is 50.6 Å². The highest BCUT2D eigenvalue weighted by molar-refractivity contribution is 7.93. The second-order valence-electron chi connectivity index (χ2n) is 9.83. The summed E-state index contributed by atoms with van der Waals surface area (Å²) in [6, 6.07) is 6.26. The molecule has 2 aromatic heterocycles. The van der Waals surface area contributed by atoms with Gasteiger partial charge in [0.1, 0.15) is 5.69 Å². The van der Waals surface area contributed by atoms with Crippen LogP contribution in [0.4, 0.5) is 14.5 Å². The molecule has 0 spiro atoms. The van der Waals surface area contributed by atoms with Crippen molar-refractivity contribution in [3.8, 4) is 16.5 Å². The van der Waals surface area contributed by atoms with Crippen molar-refractivity contribution in [1.82, 2.24) is 30.1 Å². The van der Waals surface area contributed by atoms with Crippen molar-refractivity contribution in [2.75, 3.05) is 44.1 Å². The summed E-state index contributed by atoms with van der Waals surface area (Å²) in [5.41, 5.74) is 1.09. The Morgan fingerprint density at radius 3 is 2.66 bits per heavy atom. The molecule has 5 rings (SSSR count). The number of nitrogens with zero attached hydrogens (tertiary/aromatic N) is 5. The Labute approximate surface area is 241 Å². The van der Waals surface area contributed by atoms with Gasteiger partial charge in [0.15, 0.2) is 5.01 Å². The first-order valence-corrected chi connectivity index (χ1v) is 15.7. The summed E-state index contributed by atoms with van der Waals surface area (Å²) in [5.74, 6) is -3.62. The van der Waals surface area contributed by atoms with E-state index in [1.54, 1.807) is 24.5 Å². The number of carbonyl (C=O) groups excluding carboxylic acids is 1. The molecule has 3 aromatic rings. The van der Waals surface area contributed by atoms with Crippen molar-refractivity contribution in [2.24, 2.45) is 0 Å². The third kappa shape index (κ3) is 7.52. The van der Waals surface area contributed by atoms with Gasteiger partial charge in [0.05, 0.1) is 29.9 Å². The maximum atomic E-state index is 13.4. The maximum Gasteiger partial charge on any atom is 0.355 e. The topological polar surface area (TPSA) is 130 Å². The fourth-order valence-electron chi connectivity index (χ4n) is 4.67. The second-order valence-corrected chi connectivity index (χ2v) is 12.5. The van der Waals surface area contributed by atoms with Gasteiger partial charge in [-0.2, -0.15) is 8.78 Å². The predicted molar refractivity (Wildman–Crippen MR) is 151 cm³/mol. The summed E-state index contributed by atoms with van der Waals surface area (Å²) in [4.78, 5) is 31.6. The van der Waals surface area contributed by atoms with Gasteiger partial charge < -0.3 is 10.1 Å². The number of hydrogen-bond acceptors (Lipinski definition) is 10. The van der Waals surface area contributed by atoms with E-state index in [0.29, 0.717) is 41.2 Å². The largest absolute Gasteiger partial charge is 0.477 e. The molecule has 2 N–H and O–H groups in total. The molecule has 220 valence electrons. The molecule has 1 aromatic carbocycles. The Balaban J connectivity index is 1.34. The summed E-state index contributed by atoms with van der Waals surface area (Å²) in [6.45, 7) is 6.23. The number of benzene rings is 1. The minimum Gasteiger partial charge on any atom is -0.477 e. The molecule has 1 aliphatic carbocycles. The molecule has 2 aliphatic rings. The SMILES string of the molecule is CCOc1cncc(-c2cnc(C(=O)N[C@@H](CN3CCN(C4CC4)CC3)c3cccc(NS(=O)(=O)C(F)F)c3)s2)n1. The molecule has 3 heterocycles. The van der Waals surface area contributed by atoms with E-state index in [4.69, 9.17) is 4.74 Å². The highest BCUT2D eigenvalue weighted by Crippen LogP contribution is 2.29. The number of anilines is 1. The summed E-state index contributed by atoms with van der Waals surface area (Å²) < 4.78 is 56.8. The molecule has 41 heavy (non-hydrogen) atoms. The summed E-state index contributed by atoms with van der Waals surface area (Å²) in [5, 5.41) is 3.23. The molecule has 0 bridgehead atoms. The van der Waals surface area contributed by atoms with Crippen molar-refractivity contribution in [3.05, 3.63) is 53.4 Å². The molecule has 15 heteroatoms. The lowest BCUT2D eigenvalue weighted by Crippen LogP contribution is -2.49. The summed E-state index contributed by atoms with van der Waals surface area (Å²) in [7, 11) is -4.84. The maximum absolute atomic E-state index is 13.4. The lowest BCUT2D eigenvalue weighted by molar-refractivity contribution is 0.0891. The molecule has 0 radical (unpaired) electrons. The smallest absolute Gasteiger partial charge is 0.355 e. The van der Waals surface area contributed by atoms with E-state index in [1.807, 2.05) is 11.6 Å². The van der Waals surface area contributed by atoms with Gasteiger partial charge in [0.25, 0.3) is 15.9 Å². The molecule has 0 unspecified atom stereocenters. The number of amides is 1. The molecule has 1 atom stereocenters. The first-order valence-electron chi connectivity index (χ1n) is 13.3. The Kier molecular flexibility index (Phi) is 9.06. The van der Waals surface area contributed by atoms with Crippen LogP contribution in [0.2, 0.25) is 0 Å². The van der Waals surface area contributed by atoms with E-state index in [1.165, 1.54) is 31.2 Å². The van der Waals surface area contributed by atoms with Gasteiger partial charge in [-0.3, -0.25) is 24.3 Å². The monoisotopic (exact) mass is 607 g/mol. The van der Waals surface area contributed by atoms with Crippen LogP contribution >= 0.6 is 11.3 Å². The Hall–Kier alpha value is -3.27. The first-order chi connectivity index (χ1) is 19.7. The van der Waals surface area contributed by atoms with Crippen molar-refractivity contribution < 1.29 is 26.7 Å². The van der Waals surface area contributed by atoms with Crippen LogP contribution in [0.15, 0.2) is 42.9 Å². The third-order valence-corrected chi connectivity index (χ3v) is 8.86. The van der Waals surface area contributed by atoms with Crippen LogP contribution in [0, 0.1) is 0 Å². The van der Waals surface area contributed by atoms with E-state index in [2.05, 4.69) is 30.1 Å². The van der Waals surface area contributed by atoms with Gasteiger partial charge in [0.2, 0.25) is 5.88 Å². The van der Waals surface area contributed by atoms with Crippen LogP contribution < -0.4 is 14.8 Å². The lowest BCUT2D eigenvalue weighted by Gasteiger charge is -2.36. The van der Waals surface area contributed by atoms with Crippen molar-refractivity contribution in [3.63, 3.8) is 0 Å². The number of nitrogens with one attached hydrogen (secondary N) is 2. The molecule has 11 nitrogen and oxygen atoms in total. The normalized spacial score (nSPS) is 17.4. The number of sulfonamides is 1. The molecular formula is C26H31F2N7O4S2. The number of rotatable bonds is 12. The van der Waals surface area contributed by atoms with E-state index in [9.17, 15) is 22.0 Å². The second kappa shape index (κ2) is 12.7. The molecular weight excluding hydrogens is 576 g/mol. The highest BCUT2D eigenvalue weighted by Gasteiger charge is 2.32. The van der Waals surface area contributed by atoms with Crippen LogP contribution in [0.25, 0.3) is 10.6 Å². The van der Waals surface area contributed by atoms with Crippen molar-refractivity contribution in [2.45, 2.75) is 37.6 Å². The van der Waals surface area contributed by atoms with Crippen LogP contribution in [-0.2, 0) is 10.0 Å². The lowest BCUT2D eigenvalue weighted by atomic mass is 10.0. The molecule has 1 amide bonds. The number of ether oxygens (including phenoxy) is 1. The minimum absolute atomic E-state index is 0.00936. The number of carbonyl (C=O) groups is 1. The summed E-state index contributed by atoms with van der Waals surface area (Å²) in [6.07, 6.45) is 7.08. The van der Waals surface area contributed by atoms with Crippen LogP contribution in [-0.4, -0.2) is 90.2 Å². The van der Waals surface area contributed by atoms with E-state index in [-0.39, 0.29) is 10.7 Å². The number of alkyl halides is 2.